The zero-order valence-corrected chi connectivity index (χ0v) is 14.2. The van der Waals surface area contributed by atoms with Gasteiger partial charge in [-0.15, -0.1) is 0 Å². The summed E-state index contributed by atoms with van der Waals surface area (Å²) in [4.78, 5) is 7.46. The van der Waals surface area contributed by atoms with Gasteiger partial charge in [-0.3, -0.25) is 0 Å². The maximum absolute atomic E-state index is 12.2. The Kier molecular flexibility index (Phi) is 3.86. The molecule has 128 valence electrons. The number of aromatic nitrogens is 4. The molecule has 0 spiro atoms. The van der Waals surface area contributed by atoms with E-state index >= 15 is 0 Å². The third-order valence-electron chi connectivity index (χ3n) is 4.65. The van der Waals surface area contributed by atoms with Crippen molar-refractivity contribution in [3.63, 3.8) is 0 Å². The van der Waals surface area contributed by atoms with E-state index in [0.717, 1.165) is 40.3 Å². The van der Waals surface area contributed by atoms with E-state index in [4.69, 9.17) is 5.26 Å². The number of nitrogens with zero attached hydrogens (tertiary/aromatic N) is 5. The number of hydrogen-bond acceptors (Lipinski definition) is 6. The summed E-state index contributed by atoms with van der Waals surface area (Å²) in [6.07, 6.45) is 6.81. The van der Waals surface area contributed by atoms with Crippen LogP contribution in [0.15, 0.2) is 24.7 Å². The van der Waals surface area contributed by atoms with Gasteiger partial charge in [0.15, 0.2) is 5.75 Å². The van der Waals surface area contributed by atoms with Gasteiger partial charge < -0.3 is 4.98 Å². The quantitative estimate of drug-likeness (QED) is 0.761. The average Bonchev–Trinajstić information content (AvgIpc) is 3.10. The van der Waals surface area contributed by atoms with Gasteiger partial charge in [0.2, 0.25) is 10.0 Å². The number of sulfonamides is 1. The summed E-state index contributed by atoms with van der Waals surface area (Å²) in [7, 11) is -3.55. The number of piperidine rings is 1. The van der Waals surface area contributed by atoms with E-state index in [1.54, 1.807) is 18.5 Å². The van der Waals surface area contributed by atoms with Crippen molar-refractivity contribution in [1.82, 2.24) is 24.5 Å². The van der Waals surface area contributed by atoms with Gasteiger partial charge in [-0.05, 0) is 18.9 Å². The van der Waals surface area contributed by atoms with E-state index in [-0.39, 0.29) is 5.92 Å². The highest BCUT2D eigenvalue weighted by Crippen LogP contribution is 2.34. The molecule has 8 nitrogen and oxygen atoms in total. The van der Waals surface area contributed by atoms with Crippen LogP contribution in [0.5, 0.6) is 0 Å². The average molecular weight is 356 g/mol. The molecule has 1 aliphatic heterocycles. The Morgan fingerprint density at radius 2 is 2.28 bits per heavy atom. The Bertz CT molecular complexity index is 1080. The molecule has 3 aromatic rings. The summed E-state index contributed by atoms with van der Waals surface area (Å²) in [5, 5.41) is 20.0. The fourth-order valence-electron chi connectivity index (χ4n) is 3.49. The molecule has 0 radical (unpaired) electrons. The Morgan fingerprint density at radius 3 is 3.12 bits per heavy atom. The molecule has 1 aliphatic rings. The Hall–Kier alpha value is -2.57. The number of pyridine rings is 1. The van der Waals surface area contributed by atoms with E-state index in [2.05, 4.69) is 20.2 Å². The third kappa shape index (κ3) is 2.73. The van der Waals surface area contributed by atoms with Gasteiger partial charge in [0.1, 0.15) is 5.65 Å². The van der Waals surface area contributed by atoms with Gasteiger partial charge >= 0.3 is 0 Å². The number of H-pyrrole nitrogens is 1. The Balaban J connectivity index is 1.79. The second-order valence-corrected chi connectivity index (χ2v) is 8.14. The van der Waals surface area contributed by atoms with Crippen LogP contribution in [-0.2, 0) is 10.0 Å². The zero-order valence-electron chi connectivity index (χ0n) is 13.4. The predicted molar refractivity (Wildman–Crippen MR) is 92.1 cm³/mol. The first-order chi connectivity index (χ1) is 12.1. The Labute approximate surface area is 144 Å². The molecule has 1 unspecified atom stereocenters. The minimum atomic E-state index is -3.55. The fraction of sp³-hybridized carbons (Fsp3) is 0.375. The van der Waals surface area contributed by atoms with E-state index in [1.165, 1.54) is 4.31 Å². The number of rotatable bonds is 3. The molecule has 1 fully saturated rings. The number of aromatic amines is 1. The molecular formula is C16H16N6O2S. The molecule has 4 rings (SSSR count). The summed E-state index contributed by atoms with van der Waals surface area (Å²) in [6, 6.07) is 3.69. The topological polar surface area (TPSA) is 116 Å². The van der Waals surface area contributed by atoms with Gasteiger partial charge in [-0.25, -0.2) is 17.7 Å². The fourth-order valence-corrected chi connectivity index (χ4v) is 4.65. The van der Waals surface area contributed by atoms with Crippen LogP contribution in [0.2, 0.25) is 0 Å². The predicted octanol–water partition coefficient (Wildman–Crippen LogP) is 1.54. The molecule has 9 heteroatoms. The maximum Gasteiger partial charge on any atom is 0.227 e. The maximum atomic E-state index is 12.2. The minimum Gasteiger partial charge on any atom is -0.346 e. The lowest BCUT2D eigenvalue weighted by molar-refractivity contribution is 0.314. The van der Waals surface area contributed by atoms with Crippen LogP contribution >= 0.6 is 0 Å². The van der Waals surface area contributed by atoms with Crippen LogP contribution in [-0.4, -0.2) is 51.7 Å². The summed E-state index contributed by atoms with van der Waals surface area (Å²) in [5.41, 5.74) is 1.56. The zero-order chi connectivity index (χ0) is 17.4. The molecular weight excluding hydrogens is 340 g/mol. The van der Waals surface area contributed by atoms with Crippen molar-refractivity contribution in [2.75, 3.05) is 18.8 Å². The highest BCUT2D eigenvalue weighted by Gasteiger charge is 2.31. The van der Waals surface area contributed by atoms with E-state index in [0.29, 0.717) is 13.1 Å². The lowest BCUT2D eigenvalue weighted by atomic mass is 9.92. The molecule has 0 saturated carbocycles. The normalized spacial score (nSPS) is 19.2. The lowest BCUT2D eigenvalue weighted by Crippen LogP contribution is -2.40. The van der Waals surface area contributed by atoms with Gasteiger partial charge in [0.25, 0.3) is 0 Å². The van der Waals surface area contributed by atoms with Crippen molar-refractivity contribution in [3.8, 4) is 6.07 Å². The number of nitriles is 1. The Morgan fingerprint density at radius 1 is 1.40 bits per heavy atom. The molecule has 0 aliphatic carbocycles. The molecule has 0 amide bonds. The van der Waals surface area contributed by atoms with Crippen molar-refractivity contribution >= 4 is 31.8 Å². The van der Waals surface area contributed by atoms with Crippen molar-refractivity contribution in [1.29, 1.82) is 5.26 Å². The van der Waals surface area contributed by atoms with Gasteiger partial charge in [0, 0.05) is 47.6 Å². The first kappa shape index (κ1) is 15.9. The van der Waals surface area contributed by atoms with Gasteiger partial charge in [0.05, 0.1) is 18.0 Å². The monoisotopic (exact) mass is 356 g/mol. The summed E-state index contributed by atoms with van der Waals surface area (Å²) >= 11 is 0. The largest absolute Gasteiger partial charge is 0.346 e. The lowest BCUT2D eigenvalue weighted by Gasteiger charge is -2.31. The molecule has 1 saturated heterocycles. The van der Waals surface area contributed by atoms with Crippen molar-refractivity contribution in [3.05, 3.63) is 30.4 Å². The molecule has 25 heavy (non-hydrogen) atoms. The molecule has 1 atom stereocenters. The van der Waals surface area contributed by atoms with E-state index in [9.17, 15) is 8.42 Å². The highest BCUT2D eigenvalue weighted by atomic mass is 32.2. The summed E-state index contributed by atoms with van der Waals surface area (Å²) in [6.45, 7) is 0.770. The second kappa shape index (κ2) is 6.06. The third-order valence-corrected chi connectivity index (χ3v) is 6.26. The number of nitrogens with one attached hydrogen (secondary N) is 1. The second-order valence-electron chi connectivity index (χ2n) is 6.17. The van der Waals surface area contributed by atoms with Crippen LogP contribution < -0.4 is 0 Å². The van der Waals surface area contributed by atoms with Crippen LogP contribution in [0.1, 0.15) is 24.5 Å². The van der Waals surface area contributed by atoms with Crippen LogP contribution in [0.25, 0.3) is 21.8 Å². The van der Waals surface area contributed by atoms with E-state index < -0.39 is 15.8 Å². The minimum absolute atomic E-state index is 0.0566. The van der Waals surface area contributed by atoms with Crippen molar-refractivity contribution < 1.29 is 8.42 Å². The van der Waals surface area contributed by atoms with Crippen molar-refractivity contribution in [2.45, 2.75) is 18.8 Å². The summed E-state index contributed by atoms with van der Waals surface area (Å²) in [5.74, 6) is -0.550. The van der Waals surface area contributed by atoms with Crippen molar-refractivity contribution in [2.24, 2.45) is 0 Å². The van der Waals surface area contributed by atoms with E-state index in [1.807, 2.05) is 12.3 Å². The number of hydrogen-bond donors (Lipinski definition) is 1. The highest BCUT2D eigenvalue weighted by molar-refractivity contribution is 7.89. The van der Waals surface area contributed by atoms with Gasteiger partial charge in [-0.2, -0.15) is 15.5 Å². The molecule has 4 heterocycles. The van der Waals surface area contributed by atoms with Crippen LogP contribution in [0.4, 0.5) is 0 Å². The smallest absolute Gasteiger partial charge is 0.227 e. The standard InChI is InChI=1S/C16H16N6O2S/c17-4-7-25(23,24)22-6-1-2-11(10-22)15-14-12(9-20-21-15)8-19-16-13(14)3-5-18-16/h3,5,8-9,11H,1-2,6-7,10H2,(H,18,19). The first-order valence-corrected chi connectivity index (χ1v) is 9.63. The van der Waals surface area contributed by atoms with Crippen LogP contribution in [0.3, 0.4) is 0 Å². The number of fused-ring (bicyclic) bond motifs is 3. The molecule has 1 N–H and O–H groups in total. The molecule has 0 aromatic carbocycles. The molecule has 3 aromatic heterocycles. The van der Waals surface area contributed by atoms with Crippen LogP contribution in [0, 0.1) is 11.3 Å². The summed E-state index contributed by atoms with van der Waals surface area (Å²) < 4.78 is 25.9. The molecule has 0 bridgehead atoms. The SMILES string of the molecule is N#CCS(=O)(=O)N1CCCC(c2nncc3cnc4[nH]ccc4c23)C1. The first-order valence-electron chi connectivity index (χ1n) is 8.02. The van der Waals surface area contributed by atoms with Gasteiger partial charge in [-0.1, -0.05) is 0 Å².